The highest BCUT2D eigenvalue weighted by Crippen LogP contribution is 2.24. The molecule has 1 aromatic carbocycles. The Labute approximate surface area is 105 Å². The quantitative estimate of drug-likeness (QED) is 0.850. The monoisotopic (exact) mass is 236 g/mol. The van der Waals surface area contributed by atoms with Crippen LogP contribution in [0.15, 0.2) is 18.2 Å². The summed E-state index contributed by atoms with van der Waals surface area (Å²) >= 11 is 0. The van der Waals surface area contributed by atoms with E-state index >= 15 is 0 Å². The number of methoxy groups -OCH3 is 1. The molecule has 1 N–H and O–H groups in total. The average molecular weight is 236 g/mol. The second-order valence-electron chi connectivity index (χ2n) is 5.14. The van der Waals surface area contributed by atoms with Crippen LogP contribution in [-0.2, 0) is 0 Å². The molecule has 0 aliphatic rings. The topological polar surface area (TPSA) is 24.5 Å². The molecule has 0 aromatic heterocycles. The van der Waals surface area contributed by atoms with Gasteiger partial charge in [0, 0.05) is 24.8 Å². The molecule has 0 atom stereocenters. The predicted octanol–water partition coefficient (Wildman–Crippen LogP) is 2.44. The van der Waals surface area contributed by atoms with Crippen molar-refractivity contribution in [3.05, 3.63) is 23.8 Å². The van der Waals surface area contributed by atoms with Gasteiger partial charge in [-0.25, -0.2) is 0 Å². The summed E-state index contributed by atoms with van der Waals surface area (Å²) in [5.74, 6) is 0.940. The third-order valence-corrected chi connectivity index (χ3v) is 3.13. The van der Waals surface area contributed by atoms with E-state index in [0.29, 0.717) is 0 Å². The van der Waals surface area contributed by atoms with Crippen LogP contribution in [0.4, 0.5) is 5.69 Å². The fraction of sp³-hybridized carbons (Fsp3) is 0.571. The number of aryl methyl sites for hydroxylation is 1. The number of ether oxygens (including phenoxy) is 1. The molecule has 1 aromatic rings. The summed E-state index contributed by atoms with van der Waals surface area (Å²) in [4.78, 5) is 2.25. The molecule has 0 aliphatic heterocycles. The normalized spacial score (nSPS) is 11.4. The Morgan fingerprint density at radius 2 is 2.00 bits per heavy atom. The summed E-state index contributed by atoms with van der Waals surface area (Å²) in [5.41, 5.74) is 2.48. The van der Waals surface area contributed by atoms with Gasteiger partial charge in [-0.05, 0) is 51.6 Å². The van der Waals surface area contributed by atoms with Crippen LogP contribution in [0.1, 0.15) is 19.4 Å². The average Bonchev–Trinajstić information content (AvgIpc) is 2.28. The van der Waals surface area contributed by atoms with Crippen molar-refractivity contribution < 1.29 is 4.74 Å². The van der Waals surface area contributed by atoms with Gasteiger partial charge in [0.2, 0.25) is 0 Å². The zero-order valence-electron chi connectivity index (χ0n) is 11.8. The number of hydrogen-bond donors (Lipinski definition) is 1. The molecule has 0 radical (unpaired) electrons. The Morgan fingerprint density at radius 1 is 1.35 bits per heavy atom. The molecule has 17 heavy (non-hydrogen) atoms. The molecule has 0 spiro atoms. The maximum Gasteiger partial charge on any atom is 0.121 e. The smallest absolute Gasteiger partial charge is 0.121 e. The highest BCUT2D eigenvalue weighted by molar-refractivity contribution is 5.52. The Morgan fingerprint density at radius 3 is 2.47 bits per heavy atom. The first-order valence-corrected chi connectivity index (χ1v) is 5.94. The number of hydrogen-bond acceptors (Lipinski definition) is 3. The van der Waals surface area contributed by atoms with Crippen molar-refractivity contribution in [2.45, 2.75) is 26.3 Å². The first-order chi connectivity index (χ1) is 7.89. The number of benzene rings is 1. The van der Waals surface area contributed by atoms with Crippen molar-refractivity contribution in [2.24, 2.45) is 0 Å². The van der Waals surface area contributed by atoms with Crippen LogP contribution >= 0.6 is 0 Å². The van der Waals surface area contributed by atoms with Gasteiger partial charge in [0.15, 0.2) is 0 Å². The van der Waals surface area contributed by atoms with E-state index in [-0.39, 0.29) is 5.54 Å². The summed E-state index contributed by atoms with van der Waals surface area (Å²) in [6.45, 7) is 7.41. The minimum Gasteiger partial charge on any atom is -0.496 e. The molecule has 3 nitrogen and oxygen atoms in total. The predicted molar refractivity (Wildman–Crippen MR) is 74.1 cm³/mol. The maximum absolute atomic E-state index is 5.27. The van der Waals surface area contributed by atoms with Crippen LogP contribution in [0.3, 0.4) is 0 Å². The molecule has 0 saturated carbocycles. The van der Waals surface area contributed by atoms with Gasteiger partial charge in [-0.2, -0.15) is 0 Å². The van der Waals surface area contributed by atoms with Crippen LogP contribution in [0.5, 0.6) is 5.75 Å². The van der Waals surface area contributed by atoms with Gasteiger partial charge in [-0.15, -0.1) is 0 Å². The van der Waals surface area contributed by atoms with Crippen LogP contribution in [0.25, 0.3) is 0 Å². The van der Waals surface area contributed by atoms with Crippen LogP contribution in [-0.4, -0.2) is 33.3 Å². The molecular weight excluding hydrogens is 212 g/mol. The molecule has 0 bridgehead atoms. The minimum absolute atomic E-state index is 0.0998. The molecular formula is C14H24N2O. The van der Waals surface area contributed by atoms with Gasteiger partial charge in [-0.3, -0.25) is 0 Å². The zero-order valence-corrected chi connectivity index (χ0v) is 11.8. The van der Waals surface area contributed by atoms with Gasteiger partial charge in [0.1, 0.15) is 5.75 Å². The van der Waals surface area contributed by atoms with Gasteiger partial charge in [-0.1, -0.05) is 0 Å². The summed E-state index contributed by atoms with van der Waals surface area (Å²) in [7, 11) is 5.81. The van der Waals surface area contributed by atoms with Crippen LogP contribution in [0.2, 0.25) is 0 Å². The summed E-state index contributed by atoms with van der Waals surface area (Å²) in [5, 5.41) is 3.31. The lowest BCUT2D eigenvalue weighted by atomic mass is 10.0. The number of anilines is 1. The first kappa shape index (κ1) is 13.8. The number of likely N-dealkylation sites (N-methyl/N-ethyl adjacent to an activating group) is 2. The fourth-order valence-electron chi connectivity index (χ4n) is 1.86. The third kappa shape index (κ3) is 3.63. The largest absolute Gasteiger partial charge is 0.496 e. The van der Waals surface area contributed by atoms with Gasteiger partial charge >= 0.3 is 0 Å². The van der Waals surface area contributed by atoms with E-state index in [4.69, 9.17) is 4.74 Å². The molecule has 0 amide bonds. The highest BCUT2D eigenvalue weighted by Gasteiger charge is 2.17. The van der Waals surface area contributed by atoms with E-state index in [0.717, 1.165) is 12.3 Å². The van der Waals surface area contributed by atoms with Crippen LogP contribution in [0, 0.1) is 6.92 Å². The van der Waals surface area contributed by atoms with Gasteiger partial charge < -0.3 is 15.0 Å². The van der Waals surface area contributed by atoms with E-state index in [1.807, 2.05) is 13.1 Å². The number of rotatable bonds is 5. The molecule has 3 heteroatoms. The van der Waals surface area contributed by atoms with Crippen molar-refractivity contribution in [3.8, 4) is 5.75 Å². The van der Waals surface area contributed by atoms with Crippen molar-refractivity contribution in [3.63, 3.8) is 0 Å². The van der Waals surface area contributed by atoms with Crippen molar-refractivity contribution in [2.75, 3.05) is 32.6 Å². The van der Waals surface area contributed by atoms with Crippen molar-refractivity contribution >= 4 is 5.69 Å². The molecule has 0 fully saturated rings. The molecule has 0 unspecified atom stereocenters. The van der Waals surface area contributed by atoms with E-state index in [1.54, 1.807) is 7.11 Å². The summed E-state index contributed by atoms with van der Waals surface area (Å²) < 4.78 is 5.27. The Hall–Kier alpha value is -1.22. The standard InChI is InChI=1S/C14H24N2O/c1-11-9-12(7-8-13(11)17-6)16(5)10-14(2,3)15-4/h7-9,15H,10H2,1-6H3. The van der Waals surface area contributed by atoms with E-state index in [2.05, 4.69) is 50.2 Å². The second-order valence-corrected chi connectivity index (χ2v) is 5.14. The Bertz CT molecular complexity index is 374. The lowest BCUT2D eigenvalue weighted by molar-refractivity contribution is 0.411. The lowest BCUT2D eigenvalue weighted by Gasteiger charge is -2.31. The molecule has 1 rings (SSSR count). The van der Waals surface area contributed by atoms with E-state index < -0.39 is 0 Å². The summed E-state index contributed by atoms with van der Waals surface area (Å²) in [6, 6.07) is 6.27. The Kier molecular flexibility index (Phi) is 4.40. The molecule has 0 aliphatic carbocycles. The number of nitrogens with zero attached hydrogens (tertiary/aromatic N) is 1. The van der Waals surface area contributed by atoms with E-state index in [1.165, 1.54) is 11.3 Å². The first-order valence-electron chi connectivity index (χ1n) is 5.94. The second kappa shape index (κ2) is 5.41. The van der Waals surface area contributed by atoms with Crippen LogP contribution < -0.4 is 15.0 Å². The van der Waals surface area contributed by atoms with E-state index in [9.17, 15) is 0 Å². The SMILES string of the molecule is CNC(C)(C)CN(C)c1ccc(OC)c(C)c1. The number of nitrogens with one attached hydrogen (secondary N) is 1. The lowest BCUT2D eigenvalue weighted by Crippen LogP contribution is -2.46. The van der Waals surface area contributed by atoms with Gasteiger partial charge in [0.05, 0.1) is 7.11 Å². The molecule has 96 valence electrons. The van der Waals surface area contributed by atoms with Crippen molar-refractivity contribution in [1.29, 1.82) is 0 Å². The summed E-state index contributed by atoms with van der Waals surface area (Å²) in [6.07, 6.45) is 0. The van der Waals surface area contributed by atoms with Gasteiger partial charge in [0.25, 0.3) is 0 Å². The molecule has 0 heterocycles. The third-order valence-electron chi connectivity index (χ3n) is 3.13. The Balaban J connectivity index is 2.83. The molecule has 0 saturated heterocycles. The fourth-order valence-corrected chi connectivity index (χ4v) is 1.86. The van der Waals surface area contributed by atoms with Crippen molar-refractivity contribution in [1.82, 2.24) is 5.32 Å². The minimum atomic E-state index is 0.0998. The highest BCUT2D eigenvalue weighted by atomic mass is 16.5. The maximum atomic E-state index is 5.27. The zero-order chi connectivity index (χ0) is 13.1.